The molecule has 0 unspecified atom stereocenters. The zero-order valence-electron chi connectivity index (χ0n) is 13.1. The maximum absolute atomic E-state index is 12.2. The Morgan fingerprint density at radius 2 is 2.09 bits per heavy atom. The monoisotopic (exact) mass is 327 g/mol. The van der Waals surface area contributed by atoms with Gasteiger partial charge in [0.05, 0.1) is 5.69 Å². The SMILES string of the molecule is Cc1cc(Cl)ccc1NC(=O)CCc1c(C)nc2ccccn12. The van der Waals surface area contributed by atoms with Crippen LogP contribution < -0.4 is 5.32 Å². The van der Waals surface area contributed by atoms with Crippen molar-refractivity contribution in [3.05, 3.63) is 64.6 Å². The molecule has 2 heterocycles. The van der Waals surface area contributed by atoms with Gasteiger partial charge in [0.25, 0.3) is 0 Å². The zero-order valence-corrected chi connectivity index (χ0v) is 13.9. The van der Waals surface area contributed by atoms with E-state index >= 15 is 0 Å². The van der Waals surface area contributed by atoms with E-state index in [2.05, 4.69) is 10.3 Å². The summed E-state index contributed by atoms with van der Waals surface area (Å²) in [6, 6.07) is 11.3. The number of amides is 1. The topological polar surface area (TPSA) is 46.4 Å². The van der Waals surface area contributed by atoms with Crippen molar-refractivity contribution in [3.63, 3.8) is 0 Å². The van der Waals surface area contributed by atoms with Crippen LogP contribution in [0.25, 0.3) is 5.65 Å². The van der Waals surface area contributed by atoms with Crippen molar-refractivity contribution in [1.29, 1.82) is 0 Å². The Labute approximate surface area is 140 Å². The molecule has 2 aromatic heterocycles. The summed E-state index contributed by atoms with van der Waals surface area (Å²) in [5.41, 5.74) is 4.70. The second kappa shape index (κ2) is 6.42. The molecule has 0 aliphatic carbocycles. The van der Waals surface area contributed by atoms with E-state index in [9.17, 15) is 4.79 Å². The van der Waals surface area contributed by atoms with E-state index in [-0.39, 0.29) is 5.91 Å². The zero-order chi connectivity index (χ0) is 16.4. The highest BCUT2D eigenvalue weighted by atomic mass is 35.5. The first-order valence-corrected chi connectivity index (χ1v) is 7.91. The summed E-state index contributed by atoms with van der Waals surface area (Å²) in [6.07, 6.45) is 3.03. The van der Waals surface area contributed by atoms with Crippen LogP contribution in [0, 0.1) is 13.8 Å². The van der Waals surface area contributed by atoms with Crippen LogP contribution in [0.15, 0.2) is 42.6 Å². The van der Waals surface area contributed by atoms with Gasteiger partial charge in [-0.15, -0.1) is 0 Å². The number of carbonyl (C=O) groups excluding carboxylic acids is 1. The Morgan fingerprint density at radius 3 is 2.87 bits per heavy atom. The van der Waals surface area contributed by atoms with E-state index in [0.717, 1.165) is 28.3 Å². The minimum atomic E-state index is -0.0132. The smallest absolute Gasteiger partial charge is 0.224 e. The molecule has 4 nitrogen and oxygen atoms in total. The van der Waals surface area contributed by atoms with Crippen molar-refractivity contribution >= 4 is 28.8 Å². The predicted molar refractivity (Wildman–Crippen MR) is 93.1 cm³/mol. The number of hydrogen-bond donors (Lipinski definition) is 1. The van der Waals surface area contributed by atoms with Crippen LogP contribution in [-0.4, -0.2) is 15.3 Å². The average molecular weight is 328 g/mol. The van der Waals surface area contributed by atoms with E-state index in [1.165, 1.54) is 0 Å². The van der Waals surface area contributed by atoms with E-state index in [1.807, 2.05) is 54.8 Å². The average Bonchev–Trinajstić information content (AvgIpc) is 2.83. The minimum Gasteiger partial charge on any atom is -0.326 e. The summed E-state index contributed by atoms with van der Waals surface area (Å²) in [4.78, 5) is 16.7. The molecule has 118 valence electrons. The Hall–Kier alpha value is -2.33. The lowest BCUT2D eigenvalue weighted by Gasteiger charge is -2.09. The summed E-state index contributed by atoms with van der Waals surface area (Å²) >= 11 is 5.93. The van der Waals surface area contributed by atoms with Crippen LogP contribution in [0.2, 0.25) is 5.02 Å². The molecule has 0 aliphatic heterocycles. The molecule has 3 rings (SSSR count). The second-order valence-electron chi connectivity index (χ2n) is 5.58. The second-order valence-corrected chi connectivity index (χ2v) is 6.02. The van der Waals surface area contributed by atoms with Crippen molar-refractivity contribution < 1.29 is 4.79 Å². The first kappa shape index (κ1) is 15.6. The highest BCUT2D eigenvalue weighted by molar-refractivity contribution is 6.30. The maximum atomic E-state index is 12.2. The third-order valence-corrected chi connectivity index (χ3v) is 4.12. The lowest BCUT2D eigenvalue weighted by Crippen LogP contribution is -2.14. The molecule has 0 atom stereocenters. The fourth-order valence-corrected chi connectivity index (χ4v) is 2.90. The number of nitrogens with zero attached hydrogens (tertiary/aromatic N) is 2. The highest BCUT2D eigenvalue weighted by Crippen LogP contribution is 2.20. The number of nitrogens with one attached hydrogen (secondary N) is 1. The van der Waals surface area contributed by atoms with Gasteiger partial charge in [0.15, 0.2) is 0 Å². The Morgan fingerprint density at radius 1 is 1.26 bits per heavy atom. The van der Waals surface area contributed by atoms with Crippen LogP contribution in [-0.2, 0) is 11.2 Å². The van der Waals surface area contributed by atoms with Crippen molar-refractivity contribution in [2.24, 2.45) is 0 Å². The van der Waals surface area contributed by atoms with E-state index in [1.54, 1.807) is 6.07 Å². The molecule has 23 heavy (non-hydrogen) atoms. The van der Waals surface area contributed by atoms with Gasteiger partial charge in [-0.2, -0.15) is 0 Å². The van der Waals surface area contributed by atoms with Crippen LogP contribution in [0.4, 0.5) is 5.69 Å². The fraction of sp³-hybridized carbons (Fsp3) is 0.222. The lowest BCUT2D eigenvalue weighted by molar-refractivity contribution is -0.116. The number of aryl methyl sites for hydroxylation is 3. The molecule has 0 bridgehead atoms. The van der Waals surface area contributed by atoms with Crippen LogP contribution in [0.3, 0.4) is 0 Å². The molecule has 0 spiro atoms. The van der Waals surface area contributed by atoms with Gasteiger partial charge in [-0.1, -0.05) is 17.7 Å². The molecule has 1 N–H and O–H groups in total. The molecule has 0 saturated heterocycles. The van der Waals surface area contributed by atoms with Crippen molar-refractivity contribution in [2.45, 2.75) is 26.7 Å². The molecular formula is C18H18ClN3O. The Bertz CT molecular complexity index is 870. The minimum absolute atomic E-state index is 0.0132. The number of pyridine rings is 1. The van der Waals surface area contributed by atoms with Gasteiger partial charge in [0, 0.05) is 29.0 Å². The quantitative estimate of drug-likeness (QED) is 0.781. The standard InChI is InChI=1S/C18H18ClN3O/c1-12-11-14(19)6-7-15(12)21-18(23)9-8-16-13(2)20-17-5-3-4-10-22(16)17/h3-7,10-11H,8-9H2,1-2H3,(H,21,23). The van der Waals surface area contributed by atoms with Crippen LogP contribution in [0.5, 0.6) is 0 Å². The molecule has 3 aromatic rings. The number of halogens is 1. The molecule has 0 radical (unpaired) electrons. The third-order valence-electron chi connectivity index (χ3n) is 3.88. The van der Waals surface area contributed by atoms with E-state index in [0.29, 0.717) is 17.9 Å². The van der Waals surface area contributed by atoms with Crippen molar-refractivity contribution in [1.82, 2.24) is 9.38 Å². The molecule has 0 saturated carbocycles. The number of hydrogen-bond acceptors (Lipinski definition) is 2. The number of carbonyl (C=O) groups is 1. The number of aromatic nitrogens is 2. The molecule has 1 amide bonds. The predicted octanol–water partition coefficient (Wildman–Crippen LogP) is 4.18. The van der Waals surface area contributed by atoms with Gasteiger partial charge >= 0.3 is 0 Å². The van der Waals surface area contributed by atoms with Crippen molar-refractivity contribution in [2.75, 3.05) is 5.32 Å². The number of benzene rings is 1. The maximum Gasteiger partial charge on any atom is 0.224 e. The Kier molecular flexibility index (Phi) is 4.35. The summed E-state index contributed by atoms with van der Waals surface area (Å²) < 4.78 is 2.04. The molecule has 5 heteroatoms. The molecule has 0 aliphatic rings. The Balaban J connectivity index is 1.70. The van der Waals surface area contributed by atoms with Gasteiger partial charge in [-0.3, -0.25) is 4.79 Å². The summed E-state index contributed by atoms with van der Waals surface area (Å²) in [7, 11) is 0. The largest absolute Gasteiger partial charge is 0.326 e. The van der Waals surface area contributed by atoms with E-state index in [4.69, 9.17) is 11.6 Å². The first-order chi connectivity index (χ1) is 11.0. The number of rotatable bonds is 4. The number of fused-ring (bicyclic) bond motifs is 1. The number of imidazole rings is 1. The summed E-state index contributed by atoms with van der Waals surface area (Å²) in [5.74, 6) is -0.0132. The van der Waals surface area contributed by atoms with Gasteiger partial charge in [0.2, 0.25) is 5.91 Å². The summed E-state index contributed by atoms with van der Waals surface area (Å²) in [5, 5.41) is 3.61. The molecule has 0 fully saturated rings. The number of anilines is 1. The van der Waals surface area contributed by atoms with Gasteiger partial charge < -0.3 is 9.72 Å². The van der Waals surface area contributed by atoms with Gasteiger partial charge in [-0.25, -0.2) is 4.98 Å². The van der Waals surface area contributed by atoms with Gasteiger partial charge in [0.1, 0.15) is 5.65 Å². The van der Waals surface area contributed by atoms with Crippen LogP contribution >= 0.6 is 11.6 Å². The molecule has 1 aromatic carbocycles. The summed E-state index contributed by atoms with van der Waals surface area (Å²) in [6.45, 7) is 3.90. The lowest BCUT2D eigenvalue weighted by atomic mass is 10.1. The fourth-order valence-electron chi connectivity index (χ4n) is 2.68. The van der Waals surface area contributed by atoms with Gasteiger partial charge in [-0.05, 0) is 56.2 Å². The highest BCUT2D eigenvalue weighted by Gasteiger charge is 2.11. The normalized spacial score (nSPS) is 10.9. The molecular weight excluding hydrogens is 310 g/mol. The first-order valence-electron chi connectivity index (χ1n) is 7.53. The van der Waals surface area contributed by atoms with Crippen LogP contribution in [0.1, 0.15) is 23.4 Å². The third kappa shape index (κ3) is 3.37. The van der Waals surface area contributed by atoms with E-state index < -0.39 is 0 Å². The van der Waals surface area contributed by atoms with Crippen molar-refractivity contribution in [3.8, 4) is 0 Å².